The minimum atomic E-state index is -0.513. The molecule has 0 aliphatic rings. The first-order valence-electron chi connectivity index (χ1n) is 6.36. The van der Waals surface area contributed by atoms with E-state index in [0.29, 0.717) is 10.6 Å². The number of nitrogens with one attached hydrogen (secondary N) is 1. The van der Waals surface area contributed by atoms with Gasteiger partial charge in [-0.15, -0.1) is 0 Å². The molecule has 2 amide bonds. The summed E-state index contributed by atoms with van der Waals surface area (Å²) in [6.07, 6.45) is 0. The molecule has 0 fully saturated rings. The Kier molecular flexibility index (Phi) is 6.84. The molecule has 1 aromatic carbocycles. The first-order chi connectivity index (χ1) is 9.92. The van der Waals surface area contributed by atoms with Crippen molar-refractivity contribution in [2.45, 2.75) is 6.92 Å². The van der Waals surface area contributed by atoms with Crippen LogP contribution in [0.15, 0.2) is 24.3 Å². The van der Waals surface area contributed by atoms with Crippen molar-refractivity contribution in [1.29, 1.82) is 0 Å². The van der Waals surface area contributed by atoms with Gasteiger partial charge >= 0.3 is 5.97 Å². The number of hydrogen-bond donors (Lipinski definition) is 1. The number of esters is 1. The topological polar surface area (TPSA) is 75.7 Å². The van der Waals surface area contributed by atoms with Gasteiger partial charge in [0.1, 0.15) is 0 Å². The molecule has 21 heavy (non-hydrogen) atoms. The van der Waals surface area contributed by atoms with Gasteiger partial charge in [0.25, 0.3) is 5.91 Å². The van der Waals surface area contributed by atoms with E-state index in [2.05, 4.69) is 5.32 Å². The van der Waals surface area contributed by atoms with Crippen LogP contribution < -0.4 is 5.32 Å². The van der Waals surface area contributed by atoms with E-state index in [1.807, 2.05) is 0 Å². The van der Waals surface area contributed by atoms with Crippen molar-refractivity contribution in [3.8, 4) is 0 Å². The van der Waals surface area contributed by atoms with E-state index in [1.54, 1.807) is 26.1 Å². The number of benzene rings is 1. The lowest BCUT2D eigenvalue weighted by Crippen LogP contribution is -2.40. The molecule has 0 heterocycles. The van der Waals surface area contributed by atoms with Gasteiger partial charge in [0, 0.05) is 10.6 Å². The number of carbonyl (C=O) groups is 3. The quantitative estimate of drug-likeness (QED) is 0.796. The molecule has 0 saturated heterocycles. The van der Waals surface area contributed by atoms with Gasteiger partial charge in [-0.2, -0.15) is 0 Å². The summed E-state index contributed by atoms with van der Waals surface area (Å²) in [5.74, 6) is -1.43. The Labute approximate surface area is 128 Å². The maximum absolute atomic E-state index is 11.8. The third-order valence-electron chi connectivity index (χ3n) is 2.48. The van der Waals surface area contributed by atoms with Gasteiger partial charge in [-0.25, -0.2) is 0 Å². The smallest absolute Gasteiger partial charge is 0.320 e. The highest BCUT2D eigenvalue weighted by molar-refractivity contribution is 6.30. The van der Waals surface area contributed by atoms with E-state index in [-0.39, 0.29) is 19.7 Å². The van der Waals surface area contributed by atoms with Gasteiger partial charge in [-0.3, -0.25) is 24.6 Å². The lowest BCUT2D eigenvalue weighted by atomic mass is 10.2. The van der Waals surface area contributed by atoms with Crippen molar-refractivity contribution in [1.82, 2.24) is 10.2 Å². The van der Waals surface area contributed by atoms with Gasteiger partial charge in [0.2, 0.25) is 5.91 Å². The molecule has 1 N–H and O–H groups in total. The fourth-order valence-corrected chi connectivity index (χ4v) is 1.69. The molecule has 0 unspecified atom stereocenters. The molecular weight excluding hydrogens is 296 g/mol. The highest BCUT2D eigenvalue weighted by Crippen LogP contribution is 2.09. The molecule has 0 aromatic heterocycles. The van der Waals surface area contributed by atoms with Crippen molar-refractivity contribution in [2.75, 3.05) is 26.7 Å². The monoisotopic (exact) mass is 312 g/mol. The Hall–Kier alpha value is -1.92. The molecule has 7 heteroatoms. The molecular formula is C14H17ClN2O4. The molecule has 114 valence electrons. The molecule has 0 aliphatic heterocycles. The fraction of sp³-hybridized carbons (Fsp3) is 0.357. The summed E-state index contributed by atoms with van der Waals surface area (Å²) in [5, 5.41) is 2.74. The second kappa shape index (κ2) is 8.39. The van der Waals surface area contributed by atoms with Gasteiger partial charge in [0.15, 0.2) is 0 Å². The number of nitrogens with zero attached hydrogens (tertiary/aromatic N) is 1. The van der Waals surface area contributed by atoms with E-state index < -0.39 is 17.8 Å². The SMILES string of the molecule is CCOC(=O)CN(C)CC(=O)NC(=O)c1ccc(Cl)cc1. The van der Waals surface area contributed by atoms with Gasteiger partial charge in [-0.05, 0) is 38.2 Å². The normalized spacial score (nSPS) is 10.3. The Morgan fingerprint density at radius 1 is 1.19 bits per heavy atom. The molecule has 0 aliphatic carbocycles. The average molecular weight is 313 g/mol. The van der Waals surface area contributed by atoms with Crippen LogP contribution >= 0.6 is 11.6 Å². The molecule has 0 bridgehead atoms. The van der Waals surface area contributed by atoms with Crippen LogP contribution in [-0.4, -0.2) is 49.4 Å². The van der Waals surface area contributed by atoms with Gasteiger partial charge in [-0.1, -0.05) is 11.6 Å². The lowest BCUT2D eigenvalue weighted by Gasteiger charge is -2.14. The van der Waals surface area contributed by atoms with E-state index in [0.717, 1.165) is 0 Å². The maximum Gasteiger partial charge on any atom is 0.320 e. The zero-order valence-corrected chi connectivity index (χ0v) is 12.6. The van der Waals surface area contributed by atoms with E-state index in [1.165, 1.54) is 17.0 Å². The highest BCUT2D eigenvalue weighted by atomic mass is 35.5. The molecule has 0 atom stereocenters. The first kappa shape index (κ1) is 17.1. The molecule has 0 saturated carbocycles. The Balaban J connectivity index is 2.44. The van der Waals surface area contributed by atoms with E-state index >= 15 is 0 Å². The van der Waals surface area contributed by atoms with Crippen LogP contribution in [0.5, 0.6) is 0 Å². The van der Waals surface area contributed by atoms with Crippen LogP contribution in [0, 0.1) is 0 Å². The van der Waals surface area contributed by atoms with Gasteiger partial charge < -0.3 is 4.74 Å². The van der Waals surface area contributed by atoms with Crippen molar-refractivity contribution in [2.24, 2.45) is 0 Å². The summed E-state index contributed by atoms with van der Waals surface area (Å²) < 4.78 is 4.76. The third-order valence-corrected chi connectivity index (χ3v) is 2.73. The van der Waals surface area contributed by atoms with Crippen LogP contribution in [0.3, 0.4) is 0 Å². The number of rotatable bonds is 6. The summed E-state index contributed by atoms with van der Waals surface area (Å²) in [6.45, 7) is 1.89. The minimum Gasteiger partial charge on any atom is -0.465 e. The van der Waals surface area contributed by atoms with Crippen LogP contribution in [0.4, 0.5) is 0 Å². The van der Waals surface area contributed by atoms with Crippen molar-refractivity contribution < 1.29 is 19.1 Å². The van der Waals surface area contributed by atoms with E-state index in [9.17, 15) is 14.4 Å². The minimum absolute atomic E-state index is 0.0175. The second-order valence-electron chi connectivity index (χ2n) is 4.36. The van der Waals surface area contributed by atoms with Crippen LogP contribution in [0.1, 0.15) is 17.3 Å². The summed E-state index contributed by atoms with van der Waals surface area (Å²) >= 11 is 5.72. The molecule has 6 nitrogen and oxygen atoms in total. The van der Waals surface area contributed by atoms with Crippen molar-refractivity contribution in [3.05, 3.63) is 34.9 Å². The first-order valence-corrected chi connectivity index (χ1v) is 6.74. The largest absolute Gasteiger partial charge is 0.465 e. The number of likely N-dealkylation sites (N-methyl/N-ethyl adjacent to an activating group) is 1. The molecule has 0 radical (unpaired) electrons. The summed E-state index contributed by atoms with van der Waals surface area (Å²) in [6, 6.07) is 6.17. The number of ether oxygens (including phenoxy) is 1. The molecule has 1 aromatic rings. The zero-order valence-electron chi connectivity index (χ0n) is 11.9. The van der Waals surface area contributed by atoms with Crippen LogP contribution in [-0.2, 0) is 14.3 Å². The average Bonchev–Trinajstić information content (AvgIpc) is 2.38. The number of imide groups is 1. The fourth-order valence-electron chi connectivity index (χ4n) is 1.57. The summed E-state index contributed by atoms with van der Waals surface area (Å²) in [4.78, 5) is 36.2. The standard InChI is InChI=1S/C14H17ClN2O4/c1-3-21-13(19)9-17(2)8-12(18)16-14(20)10-4-6-11(15)7-5-10/h4-7H,3,8-9H2,1-2H3,(H,16,18,20). The Morgan fingerprint density at radius 3 is 2.38 bits per heavy atom. The predicted octanol–water partition coefficient (Wildman–Crippen LogP) is 1.09. The number of carbonyl (C=O) groups excluding carboxylic acids is 3. The number of halogens is 1. The lowest BCUT2D eigenvalue weighted by molar-refractivity contribution is -0.144. The predicted molar refractivity (Wildman–Crippen MR) is 78.1 cm³/mol. The van der Waals surface area contributed by atoms with Crippen molar-refractivity contribution in [3.63, 3.8) is 0 Å². The molecule has 1 rings (SSSR count). The third kappa shape index (κ3) is 6.37. The van der Waals surface area contributed by atoms with Crippen LogP contribution in [0.2, 0.25) is 5.02 Å². The van der Waals surface area contributed by atoms with Crippen LogP contribution in [0.25, 0.3) is 0 Å². The molecule has 0 spiro atoms. The second-order valence-corrected chi connectivity index (χ2v) is 4.80. The highest BCUT2D eigenvalue weighted by Gasteiger charge is 2.14. The number of hydrogen-bond acceptors (Lipinski definition) is 5. The Morgan fingerprint density at radius 2 is 1.81 bits per heavy atom. The summed E-state index contributed by atoms with van der Waals surface area (Å²) in [7, 11) is 1.59. The van der Waals surface area contributed by atoms with E-state index in [4.69, 9.17) is 16.3 Å². The summed E-state index contributed by atoms with van der Waals surface area (Å²) in [5.41, 5.74) is 0.334. The van der Waals surface area contributed by atoms with Gasteiger partial charge in [0.05, 0.1) is 19.7 Å². The Bertz CT molecular complexity index is 516. The zero-order chi connectivity index (χ0) is 15.8. The number of amides is 2. The maximum atomic E-state index is 11.8. The van der Waals surface area contributed by atoms with Crippen molar-refractivity contribution >= 4 is 29.4 Å².